The molecule has 0 aliphatic carbocycles. The minimum Gasteiger partial charge on any atom is -0.335 e. The van der Waals surface area contributed by atoms with Gasteiger partial charge in [-0.1, -0.05) is 0 Å². The van der Waals surface area contributed by atoms with E-state index in [4.69, 9.17) is 11.6 Å². The average molecular weight is 256 g/mol. The molecule has 94 valence electrons. The second-order valence-electron chi connectivity index (χ2n) is 4.80. The summed E-state index contributed by atoms with van der Waals surface area (Å²) in [4.78, 5) is 14.0. The number of alkyl halides is 1. The molecular weight excluding hydrogens is 238 g/mol. The number of hydrogen-bond donors (Lipinski definition) is 0. The molecule has 0 atom stereocenters. The van der Waals surface area contributed by atoms with Crippen molar-refractivity contribution < 1.29 is 4.79 Å². The predicted octanol–water partition coefficient (Wildman–Crippen LogP) is 2.18. The van der Waals surface area contributed by atoms with Gasteiger partial charge in [-0.25, -0.2) is 0 Å². The molecule has 1 heterocycles. The molecule has 4 nitrogen and oxygen atoms in total. The van der Waals surface area contributed by atoms with Gasteiger partial charge >= 0.3 is 0 Å². The Balaban J connectivity index is 3.08. The summed E-state index contributed by atoms with van der Waals surface area (Å²) in [5.74, 6) is 0.303. The van der Waals surface area contributed by atoms with Gasteiger partial charge < -0.3 is 4.90 Å². The Kier molecular flexibility index (Phi) is 4.09. The number of aromatic nitrogens is 2. The number of halogens is 1. The quantitative estimate of drug-likeness (QED) is 0.778. The van der Waals surface area contributed by atoms with Crippen molar-refractivity contribution in [2.45, 2.75) is 33.2 Å². The fourth-order valence-corrected chi connectivity index (χ4v) is 1.49. The molecule has 0 aliphatic heterocycles. The van der Waals surface area contributed by atoms with Gasteiger partial charge in [0.1, 0.15) is 0 Å². The molecule has 0 radical (unpaired) electrons. The molecule has 1 aromatic rings. The van der Waals surface area contributed by atoms with Crippen molar-refractivity contribution in [3.8, 4) is 0 Å². The molecule has 0 saturated heterocycles. The van der Waals surface area contributed by atoms with Gasteiger partial charge in [0.25, 0.3) is 5.91 Å². The van der Waals surface area contributed by atoms with Crippen LogP contribution in [0.25, 0.3) is 0 Å². The number of rotatable bonds is 3. The lowest BCUT2D eigenvalue weighted by Crippen LogP contribution is -2.46. The van der Waals surface area contributed by atoms with E-state index in [0.29, 0.717) is 17.1 Å². The van der Waals surface area contributed by atoms with E-state index in [-0.39, 0.29) is 11.4 Å². The summed E-state index contributed by atoms with van der Waals surface area (Å²) in [6, 6.07) is 1.76. The number of hydrogen-bond acceptors (Lipinski definition) is 3. The van der Waals surface area contributed by atoms with Crippen molar-refractivity contribution in [2.75, 3.05) is 12.9 Å². The molecule has 5 heteroatoms. The monoisotopic (exact) mass is 255 g/mol. The first-order valence-electron chi connectivity index (χ1n) is 5.44. The van der Waals surface area contributed by atoms with Gasteiger partial charge in [0.05, 0.1) is 22.5 Å². The van der Waals surface area contributed by atoms with E-state index in [1.54, 1.807) is 24.9 Å². The maximum atomic E-state index is 12.3. The highest BCUT2D eigenvalue weighted by atomic mass is 35.5. The highest BCUT2D eigenvalue weighted by Gasteiger charge is 2.28. The van der Waals surface area contributed by atoms with Crippen LogP contribution in [0.3, 0.4) is 0 Å². The summed E-state index contributed by atoms with van der Waals surface area (Å²) in [6.07, 6.45) is 0. The average Bonchev–Trinajstić information content (AvgIpc) is 2.30. The molecule has 0 saturated carbocycles. The Bertz CT molecular complexity index is 432. The zero-order valence-corrected chi connectivity index (χ0v) is 11.7. The third-order valence-electron chi connectivity index (χ3n) is 2.87. The minimum atomic E-state index is -0.387. The molecule has 1 rings (SSSR count). The Labute approximate surface area is 107 Å². The molecular formula is C12H18ClN3O. The molecule has 1 aromatic heterocycles. The van der Waals surface area contributed by atoms with Crippen molar-refractivity contribution >= 4 is 17.5 Å². The molecule has 1 amide bonds. The largest absolute Gasteiger partial charge is 0.335 e. The fraction of sp³-hybridized carbons (Fsp3) is 0.583. The summed E-state index contributed by atoms with van der Waals surface area (Å²) in [7, 11) is 1.75. The normalized spacial score (nSPS) is 11.4. The summed E-state index contributed by atoms with van der Waals surface area (Å²) in [5, 5.41) is 7.88. The molecule has 0 bridgehead atoms. The molecule has 0 aliphatic rings. The van der Waals surface area contributed by atoms with Crippen molar-refractivity contribution in [1.82, 2.24) is 15.1 Å². The third kappa shape index (κ3) is 2.94. The van der Waals surface area contributed by atoms with Crippen LogP contribution in [0.2, 0.25) is 0 Å². The van der Waals surface area contributed by atoms with Crippen LogP contribution in [0.1, 0.15) is 35.6 Å². The molecule has 0 N–H and O–H groups in total. The highest BCUT2D eigenvalue weighted by Crippen LogP contribution is 2.18. The first-order valence-corrected chi connectivity index (χ1v) is 5.98. The van der Waals surface area contributed by atoms with E-state index in [1.165, 1.54) is 0 Å². The predicted molar refractivity (Wildman–Crippen MR) is 68.4 cm³/mol. The number of carbonyl (C=O) groups excluding carboxylic acids is 1. The van der Waals surface area contributed by atoms with Gasteiger partial charge in [0.2, 0.25) is 0 Å². The standard InChI is InChI=1S/C12H18ClN3O/c1-8-6-10(9(2)15-14-8)11(17)16(5)12(3,4)7-13/h6H,7H2,1-5H3. The van der Waals surface area contributed by atoms with Gasteiger partial charge in [-0.3, -0.25) is 4.79 Å². The lowest BCUT2D eigenvalue weighted by molar-refractivity contribution is 0.0658. The van der Waals surface area contributed by atoms with Crippen LogP contribution in [-0.4, -0.2) is 39.5 Å². The van der Waals surface area contributed by atoms with Crippen molar-refractivity contribution in [3.63, 3.8) is 0 Å². The number of amides is 1. The summed E-state index contributed by atoms with van der Waals surface area (Å²) < 4.78 is 0. The zero-order valence-electron chi connectivity index (χ0n) is 10.9. The van der Waals surface area contributed by atoms with Crippen molar-refractivity contribution in [2.24, 2.45) is 0 Å². The zero-order chi connectivity index (χ0) is 13.2. The van der Waals surface area contributed by atoms with Crippen LogP contribution in [0.15, 0.2) is 6.07 Å². The smallest absolute Gasteiger partial charge is 0.256 e. The van der Waals surface area contributed by atoms with Crippen molar-refractivity contribution in [3.05, 3.63) is 23.0 Å². The van der Waals surface area contributed by atoms with E-state index >= 15 is 0 Å². The first-order chi connectivity index (χ1) is 7.79. The molecule has 0 aromatic carbocycles. The second kappa shape index (κ2) is 5.00. The van der Waals surface area contributed by atoms with Gasteiger partial charge in [-0.05, 0) is 33.8 Å². The summed E-state index contributed by atoms with van der Waals surface area (Å²) >= 11 is 5.87. The van der Waals surface area contributed by atoms with E-state index in [9.17, 15) is 4.79 Å². The van der Waals surface area contributed by atoms with Crippen LogP contribution >= 0.6 is 11.6 Å². The van der Waals surface area contributed by atoms with Gasteiger partial charge in [-0.15, -0.1) is 11.6 Å². The summed E-state index contributed by atoms with van der Waals surface area (Å²) in [5.41, 5.74) is 1.56. The second-order valence-corrected chi connectivity index (χ2v) is 5.06. The topological polar surface area (TPSA) is 46.1 Å². The minimum absolute atomic E-state index is 0.0776. The molecule has 0 fully saturated rings. The van der Waals surface area contributed by atoms with E-state index < -0.39 is 0 Å². The maximum Gasteiger partial charge on any atom is 0.256 e. The first kappa shape index (κ1) is 13.9. The Morgan fingerprint density at radius 2 is 2.00 bits per heavy atom. The van der Waals surface area contributed by atoms with Crippen LogP contribution in [0, 0.1) is 13.8 Å². The lowest BCUT2D eigenvalue weighted by atomic mass is 10.0. The Morgan fingerprint density at radius 1 is 1.41 bits per heavy atom. The number of carbonyl (C=O) groups is 1. The number of aryl methyl sites for hydroxylation is 2. The Morgan fingerprint density at radius 3 is 2.53 bits per heavy atom. The van der Waals surface area contributed by atoms with Crippen molar-refractivity contribution in [1.29, 1.82) is 0 Å². The van der Waals surface area contributed by atoms with E-state index in [2.05, 4.69) is 10.2 Å². The van der Waals surface area contributed by atoms with Gasteiger partial charge in [0, 0.05) is 12.9 Å². The SMILES string of the molecule is Cc1cc(C(=O)N(C)C(C)(C)CCl)c(C)nn1. The molecule has 0 unspecified atom stereocenters. The third-order valence-corrected chi connectivity index (χ3v) is 3.52. The van der Waals surface area contributed by atoms with Crippen LogP contribution in [-0.2, 0) is 0 Å². The molecule has 17 heavy (non-hydrogen) atoms. The van der Waals surface area contributed by atoms with E-state index in [0.717, 1.165) is 5.69 Å². The Hall–Kier alpha value is -1.16. The lowest BCUT2D eigenvalue weighted by Gasteiger charge is -2.34. The number of nitrogens with zero attached hydrogens (tertiary/aromatic N) is 3. The van der Waals surface area contributed by atoms with Gasteiger partial charge in [-0.2, -0.15) is 10.2 Å². The van der Waals surface area contributed by atoms with Gasteiger partial charge in [0.15, 0.2) is 0 Å². The van der Waals surface area contributed by atoms with E-state index in [1.807, 2.05) is 20.8 Å². The van der Waals surface area contributed by atoms with Crippen LogP contribution in [0.4, 0.5) is 0 Å². The maximum absolute atomic E-state index is 12.3. The molecule has 0 spiro atoms. The van der Waals surface area contributed by atoms with Crippen LogP contribution in [0.5, 0.6) is 0 Å². The fourth-order valence-electron chi connectivity index (χ4n) is 1.31. The summed E-state index contributed by atoms with van der Waals surface area (Å²) in [6.45, 7) is 7.44. The highest BCUT2D eigenvalue weighted by molar-refractivity contribution is 6.18. The van der Waals surface area contributed by atoms with Crippen LogP contribution < -0.4 is 0 Å².